The number of halogens is 1. The average molecular weight is 347 g/mol. The van der Waals surface area contributed by atoms with E-state index in [9.17, 15) is 9.18 Å². The van der Waals surface area contributed by atoms with Crippen LogP contribution >= 0.6 is 11.8 Å². The van der Waals surface area contributed by atoms with Crippen LogP contribution in [0.1, 0.15) is 16.7 Å². The first-order valence-electron chi connectivity index (χ1n) is 7.84. The number of nitrogens with one attached hydrogen (secondary N) is 1. The monoisotopic (exact) mass is 347 g/mol. The van der Waals surface area contributed by atoms with Gasteiger partial charge in [-0.05, 0) is 42.7 Å². The lowest BCUT2D eigenvalue weighted by Crippen LogP contribution is -2.29. The Kier molecular flexibility index (Phi) is 7.12. The number of amides is 1. The summed E-state index contributed by atoms with van der Waals surface area (Å²) in [6, 6.07) is 12.7. The van der Waals surface area contributed by atoms with Crippen LogP contribution in [0.4, 0.5) is 4.39 Å². The molecule has 2 aromatic carbocycles. The fourth-order valence-electron chi connectivity index (χ4n) is 2.13. The summed E-state index contributed by atoms with van der Waals surface area (Å²) < 4.78 is 19.1. The molecule has 2 rings (SSSR count). The molecule has 128 valence electrons. The number of carbonyl (C=O) groups is 1. The molecule has 0 aliphatic heterocycles. The lowest BCUT2D eigenvalue weighted by atomic mass is 10.1. The van der Waals surface area contributed by atoms with Gasteiger partial charge in [-0.25, -0.2) is 4.39 Å². The maximum absolute atomic E-state index is 13.5. The van der Waals surface area contributed by atoms with Crippen molar-refractivity contribution >= 4 is 17.7 Å². The molecule has 0 radical (unpaired) electrons. The summed E-state index contributed by atoms with van der Waals surface area (Å²) in [4.78, 5) is 11.8. The molecule has 0 spiro atoms. The van der Waals surface area contributed by atoms with Crippen molar-refractivity contribution in [3.63, 3.8) is 0 Å². The molecule has 3 nitrogen and oxygen atoms in total. The molecule has 1 amide bonds. The van der Waals surface area contributed by atoms with Crippen molar-refractivity contribution in [3.8, 4) is 5.75 Å². The van der Waals surface area contributed by atoms with E-state index in [0.717, 1.165) is 16.9 Å². The van der Waals surface area contributed by atoms with Gasteiger partial charge in [0.2, 0.25) is 5.91 Å². The molecular weight excluding hydrogens is 325 g/mol. The minimum atomic E-state index is -0.229. The van der Waals surface area contributed by atoms with Crippen LogP contribution in [0.5, 0.6) is 5.75 Å². The van der Waals surface area contributed by atoms with Gasteiger partial charge in [0, 0.05) is 5.75 Å². The van der Waals surface area contributed by atoms with Gasteiger partial charge < -0.3 is 10.1 Å². The van der Waals surface area contributed by atoms with E-state index < -0.39 is 0 Å². The van der Waals surface area contributed by atoms with Crippen LogP contribution in [0.15, 0.2) is 42.5 Å². The van der Waals surface area contributed by atoms with Crippen molar-refractivity contribution in [2.24, 2.45) is 0 Å². The molecule has 0 fully saturated rings. The van der Waals surface area contributed by atoms with E-state index in [1.807, 2.05) is 32.0 Å². The fourth-order valence-corrected chi connectivity index (χ4v) is 2.98. The Balaban J connectivity index is 1.63. The van der Waals surface area contributed by atoms with Crippen LogP contribution in [0.25, 0.3) is 0 Å². The number of hydrogen-bond donors (Lipinski definition) is 1. The number of aryl methyl sites for hydroxylation is 2. The Bertz CT molecular complexity index is 691. The van der Waals surface area contributed by atoms with Gasteiger partial charge in [-0.3, -0.25) is 4.79 Å². The highest BCUT2D eigenvalue weighted by Gasteiger charge is 2.05. The zero-order valence-corrected chi connectivity index (χ0v) is 14.8. The number of carbonyl (C=O) groups excluding carboxylic acids is 1. The Morgan fingerprint density at radius 2 is 2.00 bits per heavy atom. The van der Waals surface area contributed by atoms with Gasteiger partial charge in [0.05, 0.1) is 12.3 Å². The van der Waals surface area contributed by atoms with Crippen LogP contribution in [-0.4, -0.2) is 24.8 Å². The molecule has 2 aromatic rings. The molecule has 0 heterocycles. The lowest BCUT2D eigenvalue weighted by molar-refractivity contribution is -0.118. The van der Waals surface area contributed by atoms with Gasteiger partial charge >= 0.3 is 0 Å². The molecule has 0 saturated carbocycles. The highest BCUT2D eigenvalue weighted by Crippen LogP contribution is 2.18. The molecule has 1 N–H and O–H groups in total. The van der Waals surface area contributed by atoms with E-state index in [2.05, 4.69) is 5.32 Å². The van der Waals surface area contributed by atoms with Crippen molar-refractivity contribution in [3.05, 3.63) is 65.0 Å². The van der Waals surface area contributed by atoms with Gasteiger partial charge in [-0.1, -0.05) is 30.3 Å². The quantitative estimate of drug-likeness (QED) is 0.737. The summed E-state index contributed by atoms with van der Waals surface area (Å²) >= 11 is 1.39. The molecule has 0 aliphatic carbocycles. The Morgan fingerprint density at radius 1 is 1.21 bits per heavy atom. The zero-order chi connectivity index (χ0) is 17.4. The summed E-state index contributed by atoms with van der Waals surface area (Å²) in [6.45, 7) is 4.88. The van der Waals surface area contributed by atoms with E-state index in [-0.39, 0.29) is 11.7 Å². The molecule has 0 saturated heterocycles. The molecule has 0 bridgehead atoms. The topological polar surface area (TPSA) is 38.3 Å². The van der Waals surface area contributed by atoms with Crippen LogP contribution in [-0.2, 0) is 10.5 Å². The van der Waals surface area contributed by atoms with Crippen LogP contribution < -0.4 is 10.1 Å². The summed E-state index contributed by atoms with van der Waals surface area (Å²) in [6.07, 6.45) is 0. The number of thioether (sulfide) groups is 1. The Morgan fingerprint density at radius 3 is 2.79 bits per heavy atom. The minimum absolute atomic E-state index is 0.0686. The first-order chi connectivity index (χ1) is 11.6. The average Bonchev–Trinajstić information content (AvgIpc) is 2.56. The fraction of sp³-hybridized carbons (Fsp3) is 0.316. The van der Waals surface area contributed by atoms with Gasteiger partial charge in [-0.2, -0.15) is 0 Å². The molecule has 0 atom stereocenters. The summed E-state index contributed by atoms with van der Waals surface area (Å²) in [5.41, 5.74) is 2.84. The van der Waals surface area contributed by atoms with Gasteiger partial charge in [0.15, 0.2) is 0 Å². The van der Waals surface area contributed by atoms with E-state index in [4.69, 9.17) is 4.74 Å². The SMILES string of the molecule is Cc1ccc(C)c(OCCNC(=O)CSCc2ccccc2F)c1. The number of rotatable bonds is 8. The van der Waals surface area contributed by atoms with E-state index in [1.165, 1.54) is 17.8 Å². The minimum Gasteiger partial charge on any atom is -0.491 e. The molecule has 24 heavy (non-hydrogen) atoms. The molecular formula is C19H22FNO2S. The predicted molar refractivity (Wildman–Crippen MR) is 97.0 cm³/mol. The van der Waals surface area contributed by atoms with E-state index >= 15 is 0 Å². The molecule has 0 aliphatic rings. The highest BCUT2D eigenvalue weighted by molar-refractivity contribution is 7.99. The normalized spacial score (nSPS) is 10.5. The van der Waals surface area contributed by atoms with Crippen LogP contribution in [0.2, 0.25) is 0 Å². The summed E-state index contributed by atoms with van der Waals surface area (Å²) in [7, 11) is 0. The summed E-state index contributed by atoms with van der Waals surface area (Å²) in [5, 5.41) is 2.81. The van der Waals surface area contributed by atoms with E-state index in [1.54, 1.807) is 18.2 Å². The number of ether oxygens (including phenoxy) is 1. The van der Waals surface area contributed by atoms with Crippen LogP contribution in [0, 0.1) is 19.7 Å². The van der Waals surface area contributed by atoms with Crippen molar-refractivity contribution in [1.29, 1.82) is 0 Å². The Labute approximate surface area is 146 Å². The van der Waals surface area contributed by atoms with Crippen molar-refractivity contribution in [2.75, 3.05) is 18.9 Å². The van der Waals surface area contributed by atoms with Crippen molar-refractivity contribution < 1.29 is 13.9 Å². The second-order valence-electron chi connectivity index (χ2n) is 5.55. The highest BCUT2D eigenvalue weighted by atomic mass is 32.2. The molecule has 5 heteroatoms. The first kappa shape index (κ1) is 18.3. The third-order valence-corrected chi connectivity index (χ3v) is 4.46. The second kappa shape index (κ2) is 9.33. The van der Waals surface area contributed by atoms with Crippen LogP contribution in [0.3, 0.4) is 0 Å². The maximum Gasteiger partial charge on any atom is 0.230 e. The van der Waals surface area contributed by atoms with Crippen molar-refractivity contribution in [1.82, 2.24) is 5.32 Å². The molecule has 0 aromatic heterocycles. The largest absolute Gasteiger partial charge is 0.491 e. The zero-order valence-electron chi connectivity index (χ0n) is 14.0. The lowest BCUT2D eigenvalue weighted by Gasteiger charge is -2.10. The van der Waals surface area contributed by atoms with Gasteiger partial charge in [0.25, 0.3) is 0 Å². The third kappa shape index (κ3) is 5.89. The van der Waals surface area contributed by atoms with E-state index in [0.29, 0.717) is 30.2 Å². The second-order valence-corrected chi connectivity index (χ2v) is 6.54. The predicted octanol–water partition coefficient (Wildman–Crippen LogP) is 3.87. The van der Waals surface area contributed by atoms with Gasteiger partial charge in [0.1, 0.15) is 18.2 Å². The third-order valence-electron chi connectivity index (χ3n) is 3.47. The smallest absolute Gasteiger partial charge is 0.230 e. The standard InChI is InChI=1S/C19H22FNO2S/c1-14-7-8-15(2)18(11-14)23-10-9-21-19(22)13-24-12-16-5-3-4-6-17(16)20/h3-8,11H,9-10,12-13H2,1-2H3,(H,21,22). The van der Waals surface area contributed by atoms with Crippen molar-refractivity contribution in [2.45, 2.75) is 19.6 Å². The summed E-state index contributed by atoms with van der Waals surface area (Å²) in [5.74, 6) is 1.34. The first-order valence-corrected chi connectivity index (χ1v) is 8.99. The maximum atomic E-state index is 13.5. The Hall–Kier alpha value is -2.01. The van der Waals surface area contributed by atoms with Gasteiger partial charge in [-0.15, -0.1) is 11.8 Å². The molecule has 0 unspecified atom stereocenters. The number of hydrogen-bond acceptors (Lipinski definition) is 3. The number of benzene rings is 2.